The van der Waals surface area contributed by atoms with Crippen LogP contribution >= 0.6 is 50.9 Å². The number of thioether (sulfide) groups is 1. The molecular weight excluding hydrogens is 433 g/mol. The Hall–Kier alpha value is -1.29. The van der Waals surface area contributed by atoms with Crippen molar-refractivity contribution >= 4 is 74.2 Å². The third-order valence-corrected chi connectivity index (χ3v) is 5.43. The Bertz CT molecular complexity index is 742. The number of amidine groups is 1. The molecule has 0 saturated carbocycles. The van der Waals surface area contributed by atoms with Crippen molar-refractivity contribution in [2.75, 3.05) is 0 Å². The lowest BCUT2D eigenvalue weighted by Crippen LogP contribution is -2.26. The highest BCUT2D eigenvalue weighted by molar-refractivity contribution is 9.10. The van der Waals surface area contributed by atoms with Gasteiger partial charge in [0.05, 0.1) is 17.7 Å². The summed E-state index contributed by atoms with van der Waals surface area (Å²) in [6.07, 6.45) is 0.923. The normalized spacial score (nSPS) is 19.5. The zero-order valence-corrected chi connectivity index (χ0v) is 15.0. The summed E-state index contributed by atoms with van der Waals surface area (Å²) in [5.74, 6) is -1.77. The zero-order chi connectivity index (χ0) is 17.1. The van der Waals surface area contributed by atoms with Gasteiger partial charge in [0.2, 0.25) is 5.91 Å². The van der Waals surface area contributed by atoms with Crippen LogP contribution in [0.5, 0.6) is 5.75 Å². The number of aliphatic carboxylic acids is 1. The molecule has 1 heterocycles. The second kappa shape index (κ2) is 7.52. The summed E-state index contributed by atoms with van der Waals surface area (Å²) < 4.78 is 0.473. The number of amides is 1. The molecule has 1 aromatic rings. The van der Waals surface area contributed by atoms with Crippen molar-refractivity contribution in [2.45, 2.75) is 11.7 Å². The Labute approximate surface area is 152 Å². The van der Waals surface area contributed by atoms with E-state index in [1.807, 2.05) is 0 Å². The summed E-state index contributed by atoms with van der Waals surface area (Å²) in [7, 11) is 0. The Morgan fingerprint density at radius 1 is 1.48 bits per heavy atom. The number of phenolic OH excluding ortho intramolecular Hbond substituents is 1. The number of benzene rings is 1. The fourth-order valence-electron chi connectivity index (χ4n) is 1.59. The minimum absolute atomic E-state index is 0.0276. The molecule has 1 unspecified atom stereocenters. The molecule has 1 aromatic carbocycles. The quantitative estimate of drug-likeness (QED) is 0.378. The Morgan fingerprint density at radius 2 is 2.17 bits per heavy atom. The predicted molar refractivity (Wildman–Crippen MR) is 92.6 cm³/mol. The van der Waals surface area contributed by atoms with Crippen molar-refractivity contribution in [3.8, 4) is 5.75 Å². The number of rotatable bonds is 4. The van der Waals surface area contributed by atoms with E-state index in [2.05, 4.69) is 31.4 Å². The largest absolute Gasteiger partial charge is 0.506 e. The minimum atomic E-state index is -1.08. The number of hydrogen-bond donors (Lipinski definition) is 3. The van der Waals surface area contributed by atoms with Crippen molar-refractivity contribution in [2.24, 2.45) is 10.2 Å². The molecule has 0 spiro atoms. The molecule has 1 amide bonds. The summed E-state index contributed by atoms with van der Waals surface area (Å²) in [6, 6.07) is 1.50. The molecule has 0 bridgehead atoms. The number of carbonyl (C=O) groups is 2. The van der Waals surface area contributed by atoms with Crippen LogP contribution in [0.15, 0.2) is 20.7 Å². The zero-order valence-electron chi connectivity index (χ0n) is 11.1. The average Bonchev–Trinajstić information content (AvgIpc) is 2.81. The van der Waals surface area contributed by atoms with Crippen LogP contribution in [-0.4, -0.2) is 38.7 Å². The molecule has 3 N–H and O–H groups in total. The third-order valence-electron chi connectivity index (χ3n) is 2.65. The number of halogens is 3. The second-order valence-electron chi connectivity index (χ2n) is 4.27. The van der Waals surface area contributed by atoms with Gasteiger partial charge in [-0.15, -0.1) is 5.10 Å². The molecule has 1 aliphatic heterocycles. The number of hydrogen-bond acceptors (Lipinski definition) is 6. The first kappa shape index (κ1) is 18.1. The van der Waals surface area contributed by atoms with Gasteiger partial charge in [0, 0.05) is 10.0 Å². The number of nitrogens with zero attached hydrogens (tertiary/aromatic N) is 2. The Morgan fingerprint density at radius 3 is 2.83 bits per heavy atom. The highest BCUT2D eigenvalue weighted by atomic mass is 79.9. The summed E-state index contributed by atoms with van der Waals surface area (Å²) in [4.78, 5) is 22.1. The van der Waals surface area contributed by atoms with Gasteiger partial charge in [0.15, 0.2) is 5.17 Å². The standard InChI is InChI=1S/C12H8BrCl2N3O4S/c13-5-1-4(10(21)9(15)8(5)14)3-16-18-12-17-11(22)6(23-12)2-7(19)20/h1,3,6,21H,2H2,(H,19,20)(H,17,18,22). The van der Waals surface area contributed by atoms with Crippen LogP contribution in [-0.2, 0) is 9.59 Å². The van der Waals surface area contributed by atoms with Crippen LogP contribution in [0.25, 0.3) is 0 Å². The van der Waals surface area contributed by atoms with Crippen LogP contribution in [0.2, 0.25) is 10.0 Å². The van der Waals surface area contributed by atoms with E-state index >= 15 is 0 Å². The lowest BCUT2D eigenvalue weighted by Gasteiger charge is -2.05. The van der Waals surface area contributed by atoms with Gasteiger partial charge in [-0.3, -0.25) is 9.59 Å². The maximum absolute atomic E-state index is 11.5. The predicted octanol–water partition coefficient (Wildman–Crippen LogP) is 2.86. The minimum Gasteiger partial charge on any atom is -0.506 e. The molecule has 7 nitrogen and oxygen atoms in total. The van der Waals surface area contributed by atoms with E-state index in [0.29, 0.717) is 4.47 Å². The summed E-state index contributed by atoms with van der Waals surface area (Å²) in [5.41, 5.74) is 0.270. The summed E-state index contributed by atoms with van der Waals surface area (Å²) >= 11 is 15.9. The number of carboxylic acid groups (broad SMARTS) is 1. The monoisotopic (exact) mass is 439 g/mol. The third kappa shape index (κ3) is 4.37. The van der Waals surface area contributed by atoms with Gasteiger partial charge in [0.25, 0.3) is 0 Å². The van der Waals surface area contributed by atoms with Crippen molar-refractivity contribution in [3.05, 3.63) is 26.1 Å². The number of phenols is 1. The van der Waals surface area contributed by atoms with E-state index in [4.69, 9.17) is 28.3 Å². The Balaban J connectivity index is 2.13. The van der Waals surface area contributed by atoms with Crippen LogP contribution in [0.3, 0.4) is 0 Å². The van der Waals surface area contributed by atoms with E-state index < -0.39 is 17.1 Å². The van der Waals surface area contributed by atoms with Crippen LogP contribution < -0.4 is 5.32 Å². The molecule has 11 heteroatoms. The van der Waals surface area contributed by atoms with Gasteiger partial charge in [-0.1, -0.05) is 35.0 Å². The molecule has 0 radical (unpaired) electrons. The highest BCUT2D eigenvalue weighted by Crippen LogP contribution is 2.38. The van der Waals surface area contributed by atoms with E-state index in [9.17, 15) is 14.7 Å². The van der Waals surface area contributed by atoms with Crippen molar-refractivity contribution in [3.63, 3.8) is 0 Å². The molecule has 23 heavy (non-hydrogen) atoms. The van der Waals surface area contributed by atoms with Crippen LogP contribution in [0, 0.1) is 0 Å². The molecule has 1 saturated heterocycles. The van der Waals surface area contributed by atoms with E-state index in [0.717, 1.165) is 11.8 Å². The summed E-state index contributed by atoms with van der Waals surface area (Å²) in [5, 5.41) is 28.1. The lowest BCUT2D eigenvalue weighted by atomic mass is 10.2. The fourth-order valence-corrected chi connectivity index (χ4v) is 3.42. The molecule has 2 rings (SSSR count). The lowest BCUT2D eigenvalue weighted by molar-refractivity contribution is -0.138. The van der Waals surface area contributed by atoms with Crippen molar-refractivity contribution in [1.82, 2.24) is 5.32 Å². The highest BCUT2D eigenvalue weighted by Gasteiger charge is 2.32. The first-order chi connectivity index (χ1) is 10.8. The van der Waals surface area contributed by atoms with Gasteiger partial charge in [-0.2, -0.15) is 5.10 Å². The molecule has 0 aliphatic carbocycles. The first-order valence-corrected chi connectivity index (χ1v) is 8.39. The van der Waals surface area contributed by atoms with E-state index in [-0.39, 0.29) is 32.9 Å². The van der Waals surface area contributed by atoms with Crippen molar-refractivity contribution in [1.29, 1.82) is 0 Å². The maximum atomic E-state index is 11.5. The van der Waals surface area contributed by atoms with Gasteiger partial charge >= 0.3 is 5.97 Å². The molecular formula is C12H8BrCl2N3O4S. The topological polar surface area (TPSA) is 111 Å². The first-order valence-electron chi connectivity index (χ1n) is 5.96. The smallest absolute Gasteiger partial charge is 0.305 e. The van der Waals surface area contributed by atoms with E-state index in [1.54, 1.807) is 0 Å². The molecule has 0 aromatic heterocycles. The molecule has 1 fully saturated rings. The van der Waals surface area contributed by atoms with Gasteiger partial charge in [-0.05, 0) is 22.0 Å². The van der Waals surface area contributed by atoms with Gasteiger partial charge in [0.1, 0.15) is 16.0 Å². The molecule has 1 atom stereocenters. The van der Waals surface area contributed by atoms with Gasteiger partial charge in [-0.25, -0.2) is 0 Å². The number of nitrogens with one attached hydrogen (secondary N) is 1. The van der Waals surface area contributed by atoms with Crippen LogP contribution in [0.1, 0.15) is 12.0 Å². The van der Waals surface area contributed by atoms with Crippen LogP contribution in [0.4, 0.5) is 0 Å². The summed E-state index contributed by atoms with van der Waals surface area (Å²) in [6.45, 7) is 0. The number of carbonyl (C=O) groups excluding carboxylic acids is 1. The Kier molecular flexibility index (Phi) is 5.90. The SMILES string of the molecule is O=C(O)CC1SC(=NN=Cc2cc(Br)c(Cl)c(Cl)c2O)NC1=O. The van der Waals surface area contributed by atoms with Gasteiger partial charge < -0.3 is 15.5 Å². The maximum Gasteiger partial charge on any atom is 0.305 e. The number of carboxylic acids is 1. The molecule has 1 aliphatic rings. The second-order valence-corrected chi connectivity index (χ2v) is 7.07. The van der Waals surface area contributed by atoms with E-state index in [1.165, 1.54) is 12.3 Å². The van der Waals surface area contributed by atoms with Crippen molar-refractivity contribution < 1.29 is 19.8 Å². The average molecular weight is 441 g/mol. The molecule has 122 valence electrons. The fraction of sp³-hybridized carbons (Fsp3) is 0.167. The number of aromatic hydroxyl groups is 1.